The zero-order valence-corrected chi connectivity index (χ0v) is 14.0. The second-order valence-corrected chi connectivity index (χ2v) is 5.94. The number of aryl methyl sites for hydroxylation is 2. The van der Waals surface area contributed by atoms with Crippen LogP contribution in [0.4, 0.5) is 0 Å². The van der Waals surface area contributed by atoms with Crippen molar-refractivity contribution in [1.29, 1.82) is 0 Å². The van der Waals surface area contributed by atoms with Crippen LogP contribution in [0.5, 0.6) is 0 Å². The lowest BCUT2D eigenvalue weighted by molar-refractivity contribution is 0.112. The molecule has 0 aliphatic carbocycles. The first-order chi connectivity index (χ1) is 11.5. The Bertz CT molecular complexity index is 958. The molecule has 2 heterocycles. The van der Waals surface area contributed by atoms with Crippen LogP contribution < -0.4 is 5.43 Å². The summed E-state index contributed by atoms with van der Waals surface area (Å²) in [5.41, 5.74) is 4.74. The summed E-state index contributed by atoms with van der Waals surface area (Å²) in [5.74, 6) is 0. The highest BCUT2D eigenvalue weighted by atomic mass is 35.5. The number of halogens is 1. The maximum Gasteiger partial charge on any atom is 0.208 e. The maximum absolute atomic E-state index is 12.4. The van der Waals surface area contributed by atoms with Crippen molar-refractivity contribution in [3.05, 3.63) is 74.8 Å². The van der Waals surface area contributed by atoms with Gasteiger partial charge in [-0.25, -0.2) is 0 Å². The van der Waals surface area contributed by atoms with Gasteiger partial charge in [-0.05, 0) is 19.9 Å². The van der Waals surface area contributed by atoms with Gasteiger partial charge < -0.3 is 4.98 Å². The van der Waals surface area contributed by atoms with Gasteiger partial charge in [0, 0.05) is 34.3 Å². The van der Waals surface area contributed by atoms with Crippen LogP contribution in [0, 0.1) is 13.8 Å². The number of carbonyl (C=O) groups excluding carboxylic acids is 1. The Morgan fingerprint density at radius 3 is 2.25 bits per heavy atom. The molecule has 0 aliphatic rings. The molecule has 0 amide bonds. The number of aldehydes is 1. The summed E-state index contributed by atoms with van der Waals surface area (Å²) in [4.78, 5) is 30.7. The largest absolute Gasteiger partial charge is 0.361 e. The van der Waals surface area contributed by atoms with Crippen molar-refractivity contribution in [3.63, 3.8) is 0 Å². The van der Waals surface area contributed by atoms with E-state index < -0.39 is 0 Å². The molecular formula is C19H15ClN2O2. The second kappa shape index (κ2) is 6.42. The predicted molar refractivity (Wildman–Crippen MR) is 95.6 cm³/mol. The van der Waals surface area contributed by atoms with E-state index in [1.807, 2.05) is 31.2 Å². The standard InChI is InChI=1S/C19H15ClN2O2/c1-11-17(19(24)18(20)12(2)22-11)15-7-8-16(21-9-15)14-5-3-13(10-23)4-6-14/h3-10H,1-2H3,(H,22,24). The van der Waals surface area contributed by atoms with Crippen LogP contribution in [-0.4, -0.2) is 16.3 Å². The molecule has 0 atom stereocenters. The molecule has 1 aromatic carbocycles. The lowest BCUT2D eigenvalue weighted by Gasteiger charge is -2.09. The minimum Gasteiger partial charge on any atom is -0.361 e. The number of pyridine rings is 2. The molecule has 3 aromatic rings. The number of H-pyrrole nitrogens is 1. The summed E-state index contributed by atoms with van der Waals surface area (Å²) in [5, 5.41) is 0.198. The first-order valence-corrected chi connectivity index (χ1v) is 7.80. The van der Waals surface area contributed by atoms with Gasteiger partial charge in [0.15, 0.2) is 0 Å². The molecule has 0 unspecified atom stereocenters. The molecule has 0 spiro atoms. The summed E-state index contributed by atoms with van der Waals surface area (Å²) in [6.45, 7) is 3.61. The minimum atomic E-state index is -0.199. The van der Waals surface area contributed by atoms with E-state index in [2.05, 4.69) is 9.97 Å². The average Bonchev–Trinajstić information content (AvgIpc) is 2.60. The Labute approximate surface area is 144 Å². The molecule has 0 aliphatic heterocycles. The van der Waals surface area contributed by atoms with E-state index in [4.69, 9.17) is 11.6 Å². The van der Waals surface area contributed by atoms with Gasteiger partial charge in [0.05, 0.1) is 11.3 Å². The number of aromatic amines is 1. The Morgan fingerprint density at radius 2 is 1.67 bits per heavy atom. The number of carbonyl (C=O) groups is 1. The normalized spacial score (nSPS) is 10.6. The van der Waals surface area contributed by atoms with Crippen molar-refractivity contribution in [2.45, 2.75) is 13.8 Å². The molecule has 4 nitrogen and oxygen atoms in total. The Kier molecular flexibility index (Phi) is 4.32. The second-order valence-electron chi connectivity index (χ2n) is 5.57. The number of hydrogen-bond donors (Lipinski definition) is 1. The number of benzene rings is 1. The van der Waals surface area contributed by atoms with Crippen LogP contribution in [0.2, 0.25) is 5.02 Å². The predicted octanol–water partition coefficient (Wildman–Crippen LogP) is 4.19. The van der Waals surface area contributed by atoms with Crippen LogP contribution in [0.1, 0.15) is 21.7 Å². The average molecular weight is 339 g/mol. The highest BCUT2D eigenvalue weighted by Gasteiger charge is 2.13. The van der Waals surface area contributed by atoms with Gasteiger partial charge in [0.25, 0.3) is 0 Å². The topological polar surface area (TPSA) is 62.8 Å². The Hall–Kier alpha value is -2.72. The van der Waals surface area contributed by atoms with E-state index in [-0.39, 0.29) is 10.5 Å². The molecule has 0 fully saturated rings. The third-order valence-electron chi connectivity index (χ3n) is 3.90. The lowest BCUT2D eigenvalue weighted by atomic mass is 10.0. The van der Waals surface area contributed by atoms with Gasteiger partial charge in [-0.2, -0.15) is 0 Å². The fourth-order valence-electron chi connectivity index (χ4n) is 2.64. The maximum atomic E-state index is 12.4. The molecule has 2 aromatic heterocycles. The lowest BCUT2D eigenvalue weighted by Crippen LogP contribution is -2.11. The van der Waals surface area contributed by atoms with Gasteiger partial charge in [0.1, 0.15) is 11.3 Å². The molecule has 1 N–H and O–H groups in total. The van der Waals surface area contributed by atoms with E-state index >= 15 is 0 Å². The van der Waals surface area contributed by atoms with E-state index in [1.54, 1.807) is 25.3 Å². The van der Waals surface area contributed by atoms with Gasteiger partial charge in [0.2, 0.25) is 5.43 Å². The fourth-order valence-corrected chi connectivity index (χ4v) is 2.78. The van der Waals surface area contributed by atoms with Crippen LogP contribution in [0.3, 0.4) is 0 Å². The molecule has 24 heavy (non-hydrogen) atoms. The third-order valence-corrected chi connectivity index (χ3v) is 4.36. The quantitative estimate of drug-likeness (QED) is 0.728. The number of nitrogens with zero attached hydrogens (tertiary/aromatic N) is 1. The van der Waals surface area contributed by atoms with Crippen molar-refractivity contribution in [2.24, 2.45) is 0 Å². The summed E-state index contributed by atoms with van der Waals surface area (Å²) in [7, 11) is 0. The molecule has 0 saturated heterocycles. The number of aromatic nitrogens is 2. The highest BCUT2D eigenvalue weighted by Crippen LogP contribution is 2.24. The fraction of sp³-hybridized carbons (Fsp3) is 0.105. The Balaban J connectivity index is 2.02. The van der Waals surface area contributed by atoms with Gasteiger partial charge in [-0.15, -0.1) is 0 Å². The van der Waals surface area contributed by atoms with Crippen LogP contribution >= 0.6 is 11.6 Å². The summed E-state index contributed by atoms with van der Waals surface area (Å²) >= 11 is 6.07. The van der Waals surface area contributed by atoms with Crippen molar-refractivity contribution in [3.8, 4) is 22.4 Å². The molecule has 120 valence electrons. The first-order valence-electron chi connectivity index (χ1n) is 7.42. The van der Waals surface area contributed by atoms with Crippen molar-refractivity contribution < 1.29 is 4.79 Å². The van der Waals surface area contributed by atoms with E-state index in [0.717, 1.165) is 23.2 Å². The molecule has 0 bridgehead atoms. The smallest absolute Gasteiger partial charge is 0.208 e. The zero-order chi connectivity index (χ0) is 17.3. The SMILES string of the molecule is Cc1[nH]c(C)c(-c2ccc(-c3ccc(C=O)cc3)nc2)c(=O)c1Cl. The Morgan fingerprint density at radius 1 is 1.00 bits per heavy atom. The summed E-state index contributed by atoms with van der Waals surface area (Å²) < 4.78 is 0. The molecule has 3 rings (SSSR count). The minimum absolute atomic E-state index is 0.198. The molecular weight excluding hydrogens is 324 g/mol. The summed E-state index contributed by atoms with van der Waals surface area (Å²) in [6, 6.07) is 10.9. The molecule has 5 heteroatoms. The van der Waals surface area contributed by atoms with E-state index in [1.165, 1.54) is 0 Å². The highest BCUT2D eigenvalue weighted by molar-refractivity contribution is 6.31. The molecule has 0 saturated carbocycles. The monoisotopic (exact) mass is 338 g/mol. The van der Waals surface area contributed by atoms with Crippen LogP contribution in [-0.2, 0) is 0 Å². The van der Waals surface area contributed by atoms with Gasteiger partial charge in [-0.1, -0.05) is 41.9 Å². The van der Waals surface area contributed by atoms with E-state index in [0.29, 0.717) is 22.4 Å². The number of nitrogens with one attached hydrogen (secondary N) is 1. The number of hydrogen-bond acceptors (Lipinski definition) is 3. The van der Waals surface area contributed by atoms with Crippen molar-refractivity contribution >= 4 is 17.9 Å². The van der Waals surface area contributed by atoms with Gasteiger partial charge in [-0.3, -0.25) is 14.6 Å². The number of rotatable bonds is 3. The summed E-state index contributed by atoms with van der Waals surface area (Å²) in [6.07, 6.45) is 2.46. The van der Waals surface area contributed by atoms with Crippen molar-refractivity contribution in [2.75, 3.05) is 0 Å². The first kappa shape index (κ1) is 16.1. The van der Waals surface area contributed by atoms with Gasteiger partial charge >= 0.3 is 0 Å². The third kappa shape index (κ3) is 2.88. The van der Waals surface area contributed by atoms with E-state index in [9.17, 15) is 9.59 Å². The van der Waals surface area contributed by atoms with Crippen LogP contribution in [0.15, 0.2) is 47.4 Å². The zero-order valence-electron chi connectivity index (χ0n) is 13.3. The van der Waals surface area contributed by atoms with Crippen molar-refractivity contribution in [1.82, 2.24) is 9.97 Å². The van der Waals surface area contributed by atoms with Crippen LogP contribution in [0.25, 0.3) is 22.4 Å². The molecule has 0 radical (unpaired) electrons.